The molecule has 0 amide bonds. The van der Waals surface area contributed by atoms with E-state index in [-0.39, 0.29) is 16.9 Å². The Labute approximate surface area is 229 Å². The van der Waals surface area contributed by atoms with Gasteiger partial charge in [0.25, 0.3) is 5.16 Å². The SMILES string of the molecule is CC(C)(C)C(=O)OCCCCCCCCCCCCCCCCCS(=O)(=O)c1nnnn1-c1ccccc1. The van der Waals surface area contributed by atoms with Gasteiger partial charge < -0.3 is 4.74 Å². The summed E-state index contributed by atoms with van der Waals surface area (Å²) in [5, 5.41) is 11.1. The van der Waals surface area contributed by atoms with Crippen LogP contribution in [0.5, 0.6) is 0 Å². The van der Waals surface area contributed by atoms with Gasteiger partial charge in [-0.25, -0.2) is 8.42 Å². The topological polar surface area (TPSA) is 104 Å². The fourth-order valence-electron chi connectivity index (χ4n) is 4.27. The Morgan fingerprint density at radius 1 is 0.763 bits per heavy atom. The minimum atomic E-state index is -3.52. The number of aromatic nitrogens is 4. The monoisotopic (exact) mass is 548 g/mol. The van der Waals surface area contributed by atoms with Gasteiger partial charge in [-0.3, -0.25) is 4.79 Å². The number of rotatable bonds is 20. The number of tetrazole rings is 1. The van der Waals surface area contributed by atoms with Gasteiger partial charge in [-0.15, -0.1) is 0 Å². The quantitative estimate of drug-likeness (QED) is 0.131. The lowest BCUT2D eigenvalue weighted by molar-refractivity contribution is -0.153. The zero-order valence-electron chi connectivity index (χ0n) is 23.7. The number of ether oxygens (including phenoxy) is 1. The van der Waals surface area contributed by atoms with Crippen LogP contribution in [0.3, 0.4) is 0 Å². The molecule has 0 saturated carbocycles. The molecule has 8 nitrogen and oxygen atoms in total. The molecule has 214 valence electrons. The Kier molecular flexibility index (Phi) is 14.6. The lowest BCUT2D eigenvalue weighted by atomic mass is 9.97. The van der Waals surface area contributed by atoms with Crippen LogP contribution in [0.25, 0.3) is 5.69 Å². The molecule has 0 unspecified atom stereocenters. The molecule has 0 atom stereocenters. The smallest absolute Gasteiger partial charge is 0.311 e. The van der Waals surface area contributed by atoms with E-state index in [0.717, 1.165) is 32.1 Å². The molecule has 0 N–H and O–H groups in total. The molecule has 0 aliphatic heterocycles. The summed E-state index contributed by atoms with van der Waals surface area (Å²) >= 11 is 0. The van der Waals surface area contributed by atoms with E-state index in [2.05, 4.69) is 15.5 Å². The second kappa shape index (κ2) is 17.3. The van der Waals surface area contributed by atoms with Crippen molar-refractivity contribution in [3.8, 4) is 5.69 Å². The predicted octanol–water partition coefficient (Wildman–Crippen LogP) is 6.88. The third-order valence-electron chi connectivity index (χ3n) is 6.62. The summed E-state index contributed by atoms with van der Waals surface area (Å²) in [6.07, 6.45) is 17.3. The molecule has 0 spiro atoms. The number of nitrogens with zero attached hydrogens (tertiary/aromatic N) is 4. The minimum absolute atomic E-state index is 0.0743. The first kappa shape index (κ1) is 31.9. The summed E-state index contributed by atoms with van der Waals surface area (Å²) in [7, 11) is -3.52. The normalized spacial score (nSPS) is 12.1. The molecule has 0 fully saturated rings. The van der Waals surface area contributed by atoms with Crippen LogP contribution in [0.2, 0.25) is 0 Å². The molecule has 0 saturated heterocycles. The number of unbranched alkanes of at least 4 members (excludes halogenated alkanes) is 14. The van der Waals surface area contributed by atoms with E-state index in [9.17, 15) is 13.2 Å². The lowest BCUT2D eigenvalue weighted by Gasteiger charge is -2.16. The van der Waals surface area contributed by atoms with Gasteiger partial charge in [0.15, 0.2) is 0 Å². The second-order valence-corrected chi connectivity index (χ2v) is 13.2. The van der Waals surface area contributed by atoms with Gasteiger partial charge >= 0.3 is 5.97 Å². The fraction of sp³-hybridized carbons (Fsp3) is 0.724. The maximum Gasteiger partial charge on any atom is 0.311 e. The average Bonchev–Trinajstić information content (AvgIpc) is 3.39. The van der Waals surface area contributed by atoms with Gasteiger partial charge in [-0.1, -0.05) is 107 Å². The van der Waals surface area contributed by atoms with Crippen LogP contribution in [-0.4, -0.2) is 47.0 Å². The highest BCUT2D eigenvalue weighted by Crippen LogP contribution is 2.17. The highest BCUT2D eigenvalue weighted by molar-refractivity contribution is 7.91. The molecular weight excluding hydrogens is 500 g/mol. The molecule has 0 aliphatic rings. The number of sulfone groups is 1. The summed E-state index contributed by atoms with van der Waals surface area (Å²) in [6, 6.07) is 9.09. The molecule has 0 bridgehead atoms. The van der Waals surface area contributed by atoms with Crippen LogP contribution >= 0.6 is 0 Å². The number of para-hydroxylation sites is 1. The van der Waals surface area contributed by atoms with Crippen molar-refractivity contribution in [3.05, 3.63) is 30.3 Å². The molecule has 1 aromatic heterocycles. The van der Waals surface area contributed by atoms with Gasteiger partial charge in [0.2, 0.25) is 9.84 Å². The van der Waals surface area contributed by atoms with E-state index in [1.165, 1.54) is 62.5 Å². The first-order valence-corrected chi connectivity index (χ1v) is 16.1. The maximum atomic E-state index is 12.7. The van der Waals surface area contributed by atoms with Crippen LogP contribution in [0.1, 0.15) is 117 Å². The number of carbonyl (C=O) groups is 1. The van der Waals surface area contributed by atoms with E-state index in [1.807, 2.05) is 39.0 Å². The Bertz CT molecular complexity index is 1020. The first-order valence-electron chi connectivity index (χ1n) is 14.5. The van der Waals surface area contributed by atoms with Crippen molar-refractivity contribution < 1.29 is 17.9 Å². The number of benzene rings is 1. The van der Waals surface area contributed by atoms with Gasteiger partial charge in [-0.2, -0.15) is 4.68 Å². The van der Waals surface area contributed by atoms with Crippen LogP contribution in [0.4, 0.5) is 0 Å². The van der Waals surface area contributed by atoms with Gasteiger partial charge in [0, 0.05) is 0 Å². The van der Waals surface area contributed by atoms with Crippen molar-refractivity contribution in [2.75, 3.05) is 12.4 Å². The molecular formula is C29H48N4O4S. The Morgan fingerprint density at radius 2 is 1.24 bits per heavy atom. The highest BCUT2D eigenvalue weighted by Gasteiger charge is 2.23. The second-order valence-electron chi connectivity index (χ2n) is 11.2. The minimum Gasteiger partial charge on any atom is -0.465 e. The average molecular weight is 549 g/mol. The van der Waals surface area contributed by atoms with E-state index < -0.39 is 15.3 Å². The molecule has 1 heterocycles. The molecule has 2 aromatic rings. The summed E-state index contributed by atoms with van der Waals surface area (Å²) in [4.78, 5) is 11.7. The van der Waals surface area contributed by atoms with Crippen molar-refractivity contribution in [2.45, 2.75) is 122 Å². The predicted molar refractivity (Wildman–Crippen MR) is 151 cm³/mol. The summed E-state index contributed by atoms with van der Waals surface area (Å²) in [5.41, 5.74) is 0.237. The Morgan fingerprint density at radius 3 is 1.74 bits per heavy atom. The molecule has 1 aromatic carbocycles. The number of hydrogen-bond acceptors (Lipinski definition) is 7. The van der Waals surface area contributed by atoms with Gasteiger partial charge in [-0.05, 0) is 56.2 Å². The first-order chi connectivity index (χ1) is 18.2. The van der Waals surface area contributed by atoms with E-state index in [4.69, 9.17) is 4.74 Å². The lowest BCUT2D eigenvalue weighted by Crippen LogP contribution is -2.23. The zero-order chi connectivity index (χ0) is 27.7. The van der Waals surface area contributed by atoms with Crippen molar-refractivity contribution in [3.63, 3.8) is 0 Å². The van der Waals surface area contributed by atoms with Crippen molar-refractivity contribution >= 4 is 15.8 Å². The van der Waals surface area contributed by atoms with Crippen LogP contribution < -0.4 is 0 Å². The summed E-state index contributed by atoms with van der Waals surface area (Å²) in [6.45, 7) is 6.20. The third kappa shape index (κ3) is 12.5. The third-order valence-corrected chi connectivity index (χ3v) is 8.26. The summed E-state index contributed by atoms with van der Waals surface area (Å²) < 4.78 is 32.0. The number of hydrogen-bond donors (Lipinski definition) is 0. The molecule has 0 radical (unpaired) electrons. The largest absolute Gasteiger partial charge is 0.465 e. The number of esters is 1. The van der Waals surface area contributed by atoms with Crippen LogP contribution in [0, 0.1) is 5.41 Å². The Hall–Kier alpha value is -2.29. The van der Waals surface area contributed by atoms with Crippen molar-refractivity contribution in [1.29, 1.82) is 0 Å². The number of carbonyl (C=O) groups excluding carboxylic acids is 1. The maximum absolute atomic E-state index is 12.7. The van der Waals surface area contributed by atoms with Crippen LogP contribution in [0.15, 0.2) is 35.5 Å². The van der Waals surface area contributed by atoms with Gasteiger partial charge in [0.1, 0.15) is 0 Å². The fourth-order valence-corrected chi connectivity index (χ4v) is 5.60. The van der Waals surface area contributed by atoms with Crippen molar-refractivity contribution in [2.24, 2.45) is 5.41 Å². The van der Waals surface area contributed by atoms with Gasteiger partial charge in [0.05, 0.1) is 23.5 Å². The van der Waals surface area contributed by atoms with Crippen LogP contribution in [-0.2, 0) is 19.4 Å². The van der Waals surface area contributed by atoms with Crippen molar-refractivity contribution in [1.82, 2.24) is 20.2 Å². The molecule has 2 rings (SSSR count). The Balaban J connectivity index is 1.39. The van der Waals surface area contributed by atoms with E-state index in [0.29, 0.717) is 18.7 Å². The molecule has 9 heteroatoms. The van der Waals surface area contributed by atoms with E-state index in [1.54, 1.807) is 12.1 Å². The molecule has 0 aliphatic carbocycles. The highest BCUT2D eigenvalue weighted by atomic mass is 32.2. The zero-order valence-corrected chi connectivity index (χ0v) is 24.6. The standard InChI is InChI=1S/C29H48N4O4S/c1-29(2,3)27(34)37-24-20-15-13-11-9-7-5-4-6-8-10-12-14-16-21-25-38(35,36)28-30-31-32-33(28)26-22-18-17-19-23-26/h17-19,22-23H,4-16,20-21,24-25H2,1-3H3. The summed E-state index contributed by atoms with van der Waals surface area (Å²) in [5.74, 6) is -0.0339. The molecule has 38 heavy (non-hydrogen) atoms. The van der Waals surface area contributed by atoms with E-state index >= 15 is 0 Å².